The number of carbonyl (C=O) groups excluding carboxylic acids is 2. The summed E-state index contributed by atoms with van der Waals surface area (Å²) in [6.45, 7) is 1.51. The molecule has 29 heavy (non-hydrogen) atoms. The molecule has 2 aliphatic rings. The van der Waals surface area contributed by atoms with Crippen LogP contribution in [0.1, 0.15) is 57.8 Å². The molecular formula is C23H44Ge2O4. The van der Waals surface area contributed by atoms with Crippen molar-refractivity contribution in [3.63, 3.8) is 0 Å². The van der Waals surface area contributed by atoms with Crippen molar-refractivity contribution in [2.75, 3.05) is 13.2 Å². The maximum atomic E-state index is 12.5. The van der Waals surface area contributed by atoms with Gasteiger partial charge in [0.05, 0.1) is 0 Å². The topological polar surface area (TPSA) is 52.6 Å². The first kappa shape index (κ1) is 25.6. The van der Waals surface area contributed by atoms with E-state index in [1.54, 1.807) is 0 Å². The van der Waals surface area contributed by atoms with Crippen LogP contribution in [-0.4, -0.2) is 61.2 Å². The number of hydrogen-bond acceptors (Lipinski definition) is 4. The average molecular weight is 530 g/mol. The first-order valence-corrected chi connectivity index (χ1v) is 26.5. The standard InChI is InChI=1S/C23H44Ge2O4/c1-24(2,3)22(26)18-8-12-20(13-9-18)28-16-7-17-29-21-14-10-19(11-15-21)23(27)25(4,5)6/h18-21H,7-17H2,1-6H3. The molecule has 2 rings (SSSR count). The molecule has 0 heterocycles. The molecule has 168 valence electrons. The van der Waals surface area contributed by atoms with E-state index >= 15 is 0 Å². The molecule has 0 atom stereocenters. The van der Waals surface area contributed by atoms with Gasteiger partial charge in [-0.05, 0) is 0 Å². The van der Waals surface area contributed by atoms with E-state index in [1.165, 1.54) is 0 Å². The van der Waals surface area contributed by atoms with E-state index in [-0.39, 0.29) is 0 Å². The van der Waals surface area contributed by atoms with Crippen LogP contribution in [0.15, 0.2) is 0 Å². The quantitative estimate of drug-likeness (QED) is 0.280. The van der Waals surface area contributed by atoms with Crippen LogP contribution in [0.25, 0.3) is 0 Å². The number of hydrogen-bond donors (Lipinski definition) is 0. The van der Waals surface area contributed by atoms with Gasteiger partial charge in [0.15, 0.2) is 0 Å². The Morgan fingerprint density at radius 2 is 0.931 bits per heavy atom. The molecular weight excluding hydrogens is 485 g/mol. The van der Waals surface area contributed by atoms with Crippen LogP contribution in [-0.2, 0) is 19.1 Å². The van der Waals surface area contributed by atoms with E-state index < -0.39 is 26.5 Å². The maximum absolute atomic E-state index is 12.5. The van der Waals surface area contributed by atoms with Crippen molar-refractivity contribution in [2.24, 2.45) is 11.8 Å². The van der Waals surface area contributed by atoms with Gasteiger partial charge in [-0.15, -0.1) is 0 Å². The third kappa shape index (κ3) is 8.42. The molecule has 4 nitrogen and oxygen atoms in total. The van der Waals surface area contributed by atoms with Crippen LogP contribution in [0.2, 0.25) is 34.5 Å². The van der Waals surface area contributed by atoms with Crippen molar-refractivity contribution in [2.45, 2.75) is 105 Å². The molecule has 0 N–H and O–H groups in total. The Morgan fingerprint density at radius 3 is 1.21 bits per heavy atom. The van der Waals surface area contributed by atoms with Crippen molar-refractivity contribution >= 4 is 35.8 Å². The Morgan fingerprint density at radius 1 is 0.621 bits per heavy atom. The van der Waals surface area contributed by atoms with Gasteiger partial charge < -0.3 is 0 Å². The van der Waals surface area contributed by atoms with Gasteiger partial charge in [0.1, 0.15) is 0 Å². The van der Waals surface area contributed by atoms with E-state index in [1.807, 2.05) is 0 Å². The van der Waals surface area contributed by atoms with Crippen LogP contribution in [0.5, 0.6) is 0 Å². The van der Waals surface area contributed by atoms with Gasteiger partial charge in [-0.3, -0.25) is 0 Å². The molecule has 0 amide bonds. The Kier molecular flexibility index (Phi) is 9.96. The third-order valence-electron chi connectivity index (χ3n) is 6.56. The van der Waals surface area contributed by atoms with E-state index in [9.17, 15) is 9.59 Å². The van der Waals surface area contributed by atoms with E-state index in [4.69, 9.17) is 9.47 Å². The first-order chi connectivity index (χ1) is 13.5. The minimum absolute atomic E-state index is 0.307. The van der Waals surface area contributed by atoms with Gasteiger partial charge in [0, 0.05) is 0 Å². The van der Waals surface area contributed by atoms with Crippen LogP contribution >= 0.6 is 0 Å². The van der Waals surface area contributed by atoms with Gasteiger partial charge in [-0.25, -0.2) is 0 Å². The van der Waals surface area contributed by atoms with Crippen molar-refractivity contribution in [1.29, 1.82) is 0 Å². The Balaban J connectivity index is 1.53. The molecule has 0 radical (unpaired) electrons. The monoisotopic (exact) mass is 532 g/mol. The van der Waals surface area contributed by atoms with Crippen LogP contribution in [0, 0.1) is 11.8 Å². The Bertz CT molecular complexity index is 486. The van der Waals surface area contributed by atoms with Crippen molar-refractivity contribution in [3.8, 4) is 0 Å². The second kappa shape index (κ2) is 11.3. The molecule has 0 unspecified atom stereocenters. The summed E-state index contributed by atoms with van der Waals surface area (Å²) >= 11 is -4.31. The fraction of sp³-hybridized carbons (Fsp3) is 0.913. The van der Waals surface area contributed by atoms with Gasteiger partial charge in [0.2, 0.25) is 0 Å². The zero-order valence-electron chi connectivity index (χ0n) is 19.7. The molecule has 0 aromatic heterocycles. The number of rotatable bonds is 10. The van der Waals surface area contributed by atoms with Gasteiger partial charge >= 0.3 is 184 Å². The second-order valence-corrected chi connectivity index (χ2v) is 32.2. The molecule has 2 aliphatic carbocycles. The fourth-order valence-corrected chi connectivity index (χ4v) is 11.1. The minimum atomic E-state index is -2.16. The SMILES string of the molecule is [CH3][Ge]([CH3])([CH3])[C](=O)C1CCC(OCCCOC2CCC([C](=O)[Ge]([CH3])([CH3])[CH3])CC2)CC1. The predicted molar refractivity (Wildman–Crippen MR) is 125 cm³/mol. The van der Waals surface area contributed by atoms with Crippen LogP contribution in [0.4, 0.5) is 0 Å². The second-order valence-electron chi connectivity index (χ2n) is 11.3. The molecule has 6 heteroatoms. The molecule has 2 saturated carbocycles. The summed E-state index contributed by atoms with van der Waals surface area (Å²) in [5.41, 5.74) is 0. The summed E-state index contributed by atoms with van der Waals surface area (Å²) in [5, 5.41) is 0. The summed E-state index contributed by atoms with van der Waals surface area (Å²) in [5.74, 6) is 13.9. The van der Waals surface area contributed by atoms with Crippen LogP contribution in [0.3, 0.4) is 0 Å². The molecule has 0 saturated heterocycles. The summed E-state index contributed by atoms with van der Waals surface area (Å²) in [4.78, 5) is 25.0. The normalized spacial score (nSPS) is 28.9. The molecule has 0 spiro atoms. The Labute approximate surface area is 184 Å². The van der Waals surface area contributed by atoms with Gasteiger partial charge in [-0.1, -0.05) is 0 Å². The molecule has 0 aromatic rings. The van der Waals surface area contributed by atoms with Crippen molar-refractivity contribution < 1.29 is 19.1 Å². The molecule has 2 fully saturated rings. The molecule has 0 aromatic carbocycles. The summed E-state index contributed by atoms with van der Waals surface area (Å²) in [6, 6.07) is 0. The summed E-state index contributed by atoms with van der Waals surface area (Å²) < 4.78 is 13.3. The summed E-state index contributed by atoms with van der Waals surface area (Å²) in [6.07, 6.45) is 9.80. The van der Waals surface area contributed by atoms with Gasteiger partial charge in [-0.2, -0.15) is 0 Å². The molecule has 0 bridgehead atoms. The average Bonchev–Trinajstić information content (AvgIpc) is 2.66. The summed E-state index contributed by atoms with van der Waals surface area (Å²) in [7, 11) is 0. The van der Waals surface area contributed by atoms with Crippen molar-refractivity contribution in [1.82, 2.24) is 0 Å². The van der Waals surface area contributed by atoms with E-state index in [0.29, 0.717) is 33.3 Å². The molecule has 0 aliphatic heterocycles. The van der Waals surface area contributed by atoms with E-state index in [0.717, 1.165) is 71.0 Å². The third-order valence-corrected chi connectivity index (χ3v) is 14.5. The van der Waals surface area contributed by atoms with Crippen LogP contribution < -0.4 is 0 Å². The predicted octanol–water partition coefficient (Wildman–Crippen LogP) is 5.42. The van der Waals surface area contributed by atoms with Crippen molar-refractivity contribution in [3.05, 3.63) is 0 Å². The number of carbonyl (C=O) groups is 2. The van der Waals surface area contributed by atoms with Gasteiger partial charge in [0.25, 0.3) is 0 Å². The first-order valence-electron chi connectivity index (χ1n) is 11.8. The van der Waals surface area contributed by atoms with E-state index in [2.05, 4.69) is 34.5 Å². The zero-order chi connectivity index (χ0) is 21.7. The number of ether oxygens (including phenoxy) is 2. The fourth-order valence-electron chi connectivity index (χ4n) is 4.77. The zero-order valence-corrected chi connectivity index (χ0v) is 23.9. The Hall–Kier alpha value is 0.346.